The Morgan fingerprint density at radius 1 is 1.38 bits per heavy atom. The van der Waals surface area contributed by atoms with Crippen molar-refractivity contribution >= 4 is 16.4 Å². The van der Waals surface area contributed by atoms with Crippen molar-refractivity contribution in [1.29, 1.82) is 4.78 Å². The maximum atomic E-state index is 11.3. The second kappa shape index (κ2) is 6.37. The van der Waals surface area contributed by atoms with Gasteiger partial charge in [-0.1, -0.05) is 18.2 Å². The first-order valence-electron chi connectivity index (χ1n) is 3.75. The topological polar surface area (TPSA) is 53.3 Å². The van der Waals surface area contributed by atoms with Crippen LogP contribution in [0.25, 0.3) is 0 Å². The highest BCUT2D eigenvalue weighted by Crippen LogP contribution is 1.93. The first-order valence-corrected chi connectivity index (χ1v) is 5.64. The van der Waals surface area contributed by atoms with E-state index in [0.717, 1.165) is 0 Å². The van der Waals surface area contributed by atoms with Gasteiger partial charge in [-0.2, -0.15) is 0 Å². The van der Waals surface area contributed by atoms with Crippen LogP contribution in [0, 0.1) is 4.78 Å². The summed E-state index contributed by atoms with van der Waals surface area (Å²) in [6.45, 7) is 6.70. The monoisotopic (exact) mass is 198 g/mol. The second-order valence-corrected chi connectivity index (χ2v) is 4.68. The van der Waals surface area contributed by atoms with Gasteiger partial charge in [0.05, 0.1) is 15.5 Å². The van der Waals surface area contributed by atoms with E-state index in [2.05, 4.69) is 18.3 Å². The zero-order chi connectivity index (χ0) is 10.2. The predicted molar refractivity (Wildman–Crippen MR) is 58.6 cm³/mol. The lowest BCUT2D eigenvalue weighted by atomic mass is 10.5. The Balaban J connectivity index is 4.01. The molecule has 4 heteroatoms. The van der Waals surface area contributed by atoms with E-state index in [4.69, 9.17) is 4.78 Å². The number of allylic oxidation sites excluding steroid dienone is 2. The predicted octanol–water partition coefficient (Wildman–Crippen LogP) is 1.99. The molecule has 0 amide bonds. The fourth-order valence-electron chi connectivity index (χ4n) is 0.659. The largest absolute Gasteiger partial charge is 0.273 e. The Morgan fingerprint density at radius 3 is 2.62 bits per heavy atom. The summed E-state index contributed by atoms with van der Waals surface area (Å²) >= 11 is 0. The lowest BCUT2D eigenvalue weighted by molar-refractivity contribution is 0.679. The second-order valence-electron chi connectivity index (χ2n) is 2.39. The van der Waals surface area contributed by atoms with Crippen LogP contribution in [0.5, 0.6) is 0 Å². The molecule has 0 spiro atoms. The minimum atomic E-state index is -2.50. The van der Waals surface area contributed by atoms with Crippen LogP contribution in [0.2, 0.25) is 0 Å². The number of nitrogens with zero attached hydrogens (tertiary/aromatic N) is 1. The number of nitrogens with one attached hydrogen (secondary N) is 1. The van der Waals surface area contributed by atoms with Gasteiger partial charge in [0.1, 0.15) is 0 Å². The van der Waals surface area contributed by atoms with E-state index in [9.17, 15) is 4.21 Å². The molecule has 0 aliphatic rings. The van der Waals surface area contributed by atoms with Gasteiger partial charge >= 0.3 is 0 Å². The van der Waals surface area contributed by atoms with Gasteiger partial charge in [-0.15, -0.1) is 6.58 Å². The molecular weight excluding hydrogens is 184 g/mol. The quantitative estimate of drug-likeness (QED) is 0.396. The van der Waals surface area contributed by atoms with Crippen molar-refractivity contribution in [3.63, 3.8) is 0 Å². The smallest absolute Gasteiger partial charge is 0.0513 e. The third-order valence-corrected chi connectivity index (χ3v) is 2.70. The van der Waals surface area contributed by atoms with Gasteiger partial charge in [0.2, 0.25) is 0 Å². The molecule has 0 aliphatic heterocycles. The molecule has 13 heavy (non-hydrogen) atoms. The number of aliphatic imine (C=N–C) groups is 1. The van der Waals surface area contributed by atoms with E-state index in [1.165, 1.54) is 12.3 Å². The average Bonchev–Trinajstić information content (AvgIpc) is 2.04. The van der Waals surface area contributed by atoms with Crippen LogP contribution < -0.4 is 0 Å². The number of hydrogen-bond acceptors (Lipinski definition) is 3. The van der Waals surface area contributed by atoms with Crippen LogP contribution in [-0.2, 0) is 9.73 Å². The van der Waals surface area contributed by atoms with Crippen molar-refractivity contribution in [2.24, 2.45) is 4.99 Å². The van der Waals surface area contributed by atoms with Crippen molar-refractivity contribution in [2.45, 2.75) is 0 Å². The lowest BCUT2D eigenvalue weighted by Gasteiger charge is -1.97. The fourth-order valence-corrected chi connectivity index (χ4v) is 1.60. The van der Waals surface area contributed by atoms with E-state index in [-0.39, 0.29) is 11.5 Å². The fraction of sp³-hybridized carbons (Fsp3) is 0.222. The minimum absolute atomic E-state index is 0.237. The highest BCUT2D eigenvalue weighted by molar-refractivity contribution is 7.92. The van der Waals surface area contributed by atoms with Gasteiger partial charge in [-0.05, 0) is 12.8 Å². The van der Waals surface area contributed by atoms with Gasteiger partial charge in [0, 0.05) is 12.0 Å². The Morgan fingerprint density at radius 2 is 2.08 bits per heavy atom. The molecule has 72 valence electrons. The Kier molecular flexibility index (Phi) is 5.80. The van der Waals surface area contributed by atoms with Crippen molar-refractivity contribution in [2.75, 3.05) is 11.5 Å². The third-order valence-electron chi connectivity index (χ3n) is 1.19. The molecule has 0 heterocycles. The maximum absolute atomic E-state index is 11.3. The Hall–Kier alpha value is -1.16. The molecule has 0 aliphatic carbocycles. The van der Waals surface area contributed by atoms with Crippen LogP contribution >= 0.6 is 0 Å². The summed E-state index contributed by atoms with van der Waals surface area (Å²) in [7, 11) is -2.50. The molecule has 0 aromatic rings. The molecule has 0 radical (unpaired) electrons. The summed E-state index contributed by atoms with van der Waals surface area (Å²) in [6, 6.07) is 0. The van der Waals surface area contributed by atoms with E-state index in [0.29, 0.717) is 0 Å². The molecule has 0 saturated carbocycles. The van der Waals surface area contributed by atoms with E-state index in [1.54, 1.807) is 18.2 Å². The van der Waals surface area contributed by atoms with Gasteiger partial charge in [0.15, 0.2) is 0 Å². The van der Waals surface area contributed by atoms with Gasteiger partial charge in [-0.3, -0.25) is 9.77 Å². The standard InChI is InChI=1S/C9H14N2OS/c1-3-8-13(10,12)9-6-4-5-7-11-2/h3-7,10H,1-2,8-9H2/b6-4-,7-5-. The van der Waals surface area contributed by atoms with Gasteiger partial charge < -0.3 is 0 Å². The van der Waals surface area contributed by atoms with Crippen LogP contribution in [0.4, 0.5) is 0 Å². The third kappa shape index (κ3) is 7.21. The molecule has 0 fully saturated rings. The molecule has 3 nitrogen and oxygen atoms in total. The number of rotatable bonds is 6. The zero-order valence-electron chi connectivity index (χ0n) is 7.48. The van der Waals surface area contributed by atoms with Crippen LogP contribution in [0.3, 0.4) is 0 Å². The summed E-state index contributed by atoms with van der Waals surface area (Å²) in [5.41, 5.74) is 0. The molecular formula is C9H14N2OS. The highest BCUT2D eigenvalue weighted by atomic mass is 32.2. The van der Waals surface area contributed by atoms with E-state index in [1.807, 2.05) is 0 Å². The van der Waals surface area contributed by atoms with Crippen molar-refractivity contribution in [3.8, 4) is 0 Å². The van der Waals surface area contributed by atoms with E-state index >= 15 is 0 Å². The maximum Gasteiger partial charge on any atom is 0.0513 e. The zero-order valence-corrected chi connectivity index (χ0v) is 8.30. The van der Waals surface area contributed by atoms with Crippen LogP contribution in [0.1, 0.15) is 0 Å². The van der Waals surface area contributed by atoms with Crippen molar-refractivity contribution in [1.82, 2.24) is 0 Å². The van der Waals surface area contributed by atoms with Crippen molar-refractivity contribution in [3.05, 3.63) is 37.1 Å². The minimum Gasteiger partial charge on any atom is -0.273 e. The van der Waals surface area contributed by atoms with Crippen LogP contribution in [0.15, 0.2) is 42.1 Å². The first kappa shape index (κ1) is 11.8. The van der Waals surface area contributed by atoms with Crippen LogP contribution in [-0.4, -0.2) is 22.4 Å². The summed E-state index contributed by atoms with van der Waals surface area (Å²) in [5, 5.41) is 0. The Labute approximate surface area is 79.6 Å². The van der Waals surface area contributed by atoms with E-state index < -0.39 is 9.73 Å². The number of hydrogen-bond donors (Lipinski definition) is 1. The molecule has 1 atom stereocenters. The summed E-state index contributed by atoms with van der Waals surface area (Å²) in [4.78, 5) is 3.49. The highest BCUT2D eigenvalue weighted by Gasteiger charge is 1.98. The lowest BCUT2D eigenvalue weighted by Crippen LogP contribution is -2.04. The molecule has 0 rings (SSSR count). The van der Waals surface area contributed by atoms with Gasteiger partial charge in [-0.25, -0.2) is 4.21 Å². The molecule has 0 bridgehead atoms. The molecule has 0 aromatic heterocycles. The molecule has 0 aromatic carbocycles. The molecule has 1 unspecified atom stereocenters. The normalized spacial score (nSPS) is 16.0. The van der Waals surface area contributed by atoms with Crippen molar-refractivity contribution < 1.29 is 4.21 Å². The Bertz CT molecular complexity index is 313. The summed E-state index contributed by atoms with van der Waals surface area (Å²) in [6.07, 6.45) is 8.09. The SMILES string of the molecule is C=CCS(=N)(=O)C/C=C\C=C/N=C. The molecule has 0 saturated heterocycles. The van der Waals surface area contributed by atoms with Gasteiger partial charge in [0.25, 0.3) is 0 Å². The summed E-state index contributed by atoms with van der Waals surface area (Å²) in [5.74, 6) is 0.487. The first-order chi connectivity index (χ1) is 6.12. The summed E-state index contributed by atoms with van der Waals surface area (Å²) < 4.78 is 18.7. The molecule has 1 N–H and O–H groups in total. The average molecular weight is 198 g/mol.